The first-order valence-corrected chi connectivity index (χ1v) is 7.99. The molecule has 2 N–H and O–H groups in total. The fraction of sp³-hybridized carbons (Fsp3) is 0.471. The summed E-state index contributed by atoms with van der Waals surface area (Å²) in [5, 5.41) is 9.12. The number of imidazole rings is 1. The van der Waals surface area contributed by atoms with Gasteiger partial charge in [0.2, 0.25) is 5.43 Å². The molecular formula is C17H22N4O3. The van der Waals surface area contributed by atoms with Crippen molar-refractivity contribution in [2.75, 3.05) is 6.54 Å². The second-order valence-corrected chi connectivity index (χ2v) is 7.14. The number of aromatic amines is 1. The molecule has 0 spiro atoms. The highest BCUT2D eigenvalue weighted by atomic mass is 16.4. The fourth-order valence-electron chi connectivity index (χ4n) is 3.13. The van der Waals surface area contributed by atoms with Gasteiger partial charge >= 0.3 is 5.97 Å². The quantitative estimate of drug-likeness (QED) is 0.891. The van der Waals surface area contributed by atoms with Crippen molar-refractivity contribution in [3.8, 4) is 0 Å². The second-order valence-electron chi connectivity index (χ2n) is 7.14. The van der Waals surface area contributed by atoms with Crippen LogP contribution in [0, 0.1) is 0 Å². The van der Waals surface area contributed by atoms with Crippen molar-refractivity contribution in [2.24, 2.45) is 0 Å². The van der Waals surface area contributed by atoms with Crippen LogP contribution in [0.25, 0.3) is 0 Å². The summed E-state index contributed by atoms with van der Waals surface area (Å²) in [4.78, 5) is 33.1. The van der Waals surface area contributed by atoms with Crippen molar-refractivity contribution in [1.29, 1.82) is 0 Å². The standard InChI is InChI=1S/C17H22N4O3/c1-17(2,3)21-7-5-18-14(21)10-20-6-4-13-12(9-20)15(22)11(8-19-13)16(23)24/h5,7-8H,4,6,9-10H2,1-3H3,(H,19,22)(H,23,24). The van der Waals surface area contributed by atoms with Crippen LogP contribution >= 0.6 is 0 Å². The van der Waals surface area contributed by atoms with Gasteiger partial charge in [0.25, 0.3) is 0 Å². The van der Waals surface area contributed by atoms with Crippen LogP contribution in [0.15, 0.2) is 23.4 Å². The highest BCUT2D eigenvalue weighted by Crippen LogP contribution is 2.20. The minimum Gasteiger partial charge on any atom is -0.477 e. The van der Waals surface area contributed by atoms with Crippen LogP contribution in [0.3, 0.4) is 0 Å². The summed E-state index contributed by atoms with van der Waals surface area (Å²) in [6, 6.07) is 0. The number of nitrogens with one attached hydrogen (secondary N) is 1. The van der Waals surface area contributed by atoms with Gasteiger partial charge in [-0.1, -0.05) is 0 Å². The van der Waals surface area contributed by atoms with E-state index in [9.17, 15) is 9.59 Å². The van der Waals surface area contributed by atoms with E-state index < -0.39 is 5.97 Å². The molecule has 0 atom stereocenters. The van der Waals surface area contributed by atoms with Crippen LogP contribution in [0.4, 0.5) is 0 Å². The first kappa shape index (κ1) is 16.4. The Balaban J connectivity index is 1.86. The molecule has 24 heavy (non-hydrogen) atoms. The largest absolute Gasteiger partial charge is 0.477 e. The molecule has 1 aliphatic rings. The fourth-order valence-corrected chi connectivity index (χ4v) is 3.13. The number of H-pyrrole nitrogens is 1. The zero-order valence-corrected chi connectivity index (χ0v) is 14.2. The number of carboxylic acids is 1. The Labute approximate surface area is 140 Å². The Morgan fingerprint density at radius 2 is 2.17 bits per heavy atom. The number of pyridine rings is 1. The Bertz CT molecular complexity index is 829. The van der Waals surface area contributed by atoms with Gasteiger partial charge in [0.05, 0.1) is 6.54 Å². The molecule has 2 aromatic heterocycles. The van der Waals surface area contributed by atoms with Crippen molar-refractivity contribution in [1.82, 2.24) is 19.4 Å². The zero-order chi connectivity index (χ0) is 17.5. The van der Waals surface area contributed by atoms with E-state index >= 15 is 0 Å². The second kappa shape index (κ2) is 5.90. The third-order valence-corrected chi connectivity index (χ3v) is 4.37. The number of carbonyl (C=O) groups is 1. The summed E-state index contributed by atoms with van der Waals surface area (Å²) in [6.07, 6.45) is 5.74. The van der Waals surface area contributed by atoms with Gasteiger partial charge < -0.3 is 14.7 Å². The number of aromatic carboxylic acids is 1. The normalized spacial score (nSPS) is 15.3. The van der Waals surface area contributed by atoms with Gasteiger partial charge in [0.15, 0.2) is 0 Å². The van der Waals surface area contributed by atoms with Crippen LogP contribution < -0.4 is 5.43 Å². The lowest BCUT2D eigenvalue weighted by Gasteiger charge is -2.30. The Morgan fingerprint density at radius 3 is 2.83 bits per heavy atom. The van der Waals surface area contributed by atoms with Crippen LogP contribution in [-0.4, -0.2) is 37.1 Å². The van der Waals surface area contributed by atoms with Gasteiger partial charge in [-0.05, 0) is 20.8 Å². The number of aromatic nitrogens is 3. The number of hydrogen-bond acceptors (Lipinski definition) is 4. The molecule has 0 saturated heterocycles. The molecule has 0 fully saturated rings. The molecule has 0 aromatic carbocycles. The maximum atomic E-state index is 12.4. The smallest absolute Gasteiger partial charge is 0.341 e. The summed E-state index contributed by atoms with van der Waals surface area (Å²) in [6.45, 7) is 8.21. The van der Waals surface area contributed by atoms with E-state index in [1.54, 1.807) is 6.20 Å². The van der Waals surface area contributed by atoms with E-state index in [0.29, 0.717) is 25.1 Å². The topological polar surface area (TPSA) is 91.2 Å². The first-order chi connectivity index (χ1) is 11.3. The highest BCUT2D eigenvalue weighted by Gasteiger charge is 2.25. The number of nitrogens with zero attached hydrogens (tertiary/aromatic N) is 3. The van der Waals surface area contributed by atoms with Gasteiger partial charge in [-0.15, -0.1) is 0 Å². The maximum absolute atomic E-state index is 12.4. The molecule has 3 heterocycles. The SMILES string of the molecule is CC(C)(C)n1ccnc1CN1CCc2[nH]cc(C(=O)O)c(=O)c2C1. The number of fused-ring (bicyclic) bond motifs is 1. The summed E-state index contributed by atoms with van der Waals surface area (Å²) in [7, 11) is 0. The van der Waals surface area contributed by atoms with E-state index in [1.807, 2.05) is 6.20 Å². The maximum Gasteiger partial charge on any atom is 0.341 e. The molecule has 128 valence electrons. The molecule has 7 nitrogen and oxygen atoms in total. The lowest BCUT2D eigenvalue weighted by Crippen LogP contribution is -2.37. The molecule has 7 heteroatoms. The average Bonchev–Trinajstić information content (AvgIpc) is 2.96. The molecule has 1 aliphatic heterocycles. The predicted molar refractivity (Wildman–Crippen MR) is 89.1 cm³/mol. The molecule has 0 aliphatic carbocycles. The Morgan fingerprint density at radius 1 is 1.42 bits per heavy atom. The van der Waals surface area contributed by atoms with Gasteiger partial charge in [0.1, 0.15) is 11.4 Å². The van der Waals surface area contributed by atoms with Crippen molar-refractivity contribution < 1.29 is 9.90 Å². The van der Waals surface area contributed by atoms with Crippen LogP contribution in [0.1, 0.15) is 48.2 Å². The van der Waals surface area contributed by atoms with E-state index in [-0.39, 0.29) is 16.5 Å². The Hall–Kier alpha value is -2.41. The summed E-state index contributed by atoms with van der Waals surface area (Å²) < 4.78 is 2.13. The molecule has 0 bridgehead atoms. The molecule has 0 saturated carbocycles. The summed E-state index contributed by atoms with van der Waals surface area (Å²) >= 11 is 0. The van der Waals surface area contributed by atoms with Crippen LogP contribution in [0.2, 0.25) is 0 Å². The molecule has 0 unspecified atom stereocenters. The molecule has 2 aromatic rings. The van der Waals surface area contributed by atoms with Crippen molar-refractivity contribution in [2.45, 2.75) is 45.8 Å². The van der Waals surface area contributed by atoms with Gasteiger partial charge in [-0.2, -0.15) is 0 Å². The van der Waals surface area contributed by atoms with Crippen LogP contribution in [0.5, 0.6) is 0 Å². The first-order valence-electron chi connectivity index (χ1n) is 7.99. The highest BCUT2D eigenvalue weighted by molar-refractivity contribution is 5.87. The average molecular weight is 330 g/mol. The molecular weight excluding hydrogens is 308 g/mol. The monoisotopic (exact) mass is 330 g/mol. The third kappa shape index (κ3) is 2.99. The molecule has 0 radical (unpaired) electrons. The summed E-state index contributed by atoms with van der Waals surface area (Å²) in [5.74, 6) is -0.254. The van der Waals surface area contributed by atoms with Crippen LogP contribution in [-0.2, 0) is 25.0 Å². The molecule has 0 amide bonds. The van der Waals surface area contributed by atoms with Crippen molar-refractivity contribution >= 4 is 5.97 Å². The van der Waals surface area contributed by atoms with Crippen molar-refractivity contribution in [3.05, 3.63) is 51.5 Å². The number of carboxylic acid groups (broad SMARTS) is 1. The van der Waals surface area contributed by atoms with Crippen molar-refractivity contribution in [3.63, 3.8) is 0 Å². The number of rotatable bonds is 3. The van der Waals surface area contributed by atoms with E-state index in [2.05, 4.69) is 40.2 Å². The summed E-state index contributed by atoms with van der Waals surface area (Å²) in [5.41, 5.74) is 0.732. The minimum atomic E-state index is -1.19. The van der Waals surface area contributed by atoms with Gasteiger partial charge in [-0.25, -0.2) is 9.78 Å². The number of hydrogen-bond donors (Lipinski definition) is 2. The van der Waals surface area contributed by atoms with Gasteiger partial charge in [0, 0.05) is 54.9 Å². The third-order valence-electron chi connectivity index (χ3n) is 4.37. The zero-order valence-electron chi connectivity index (χ0n) is 14.2. The van der Waals surface area contributed by atoms with E-state index in [0.717, 1.165) is 18.1 Å². The lowest BCUT2D eigenvalue weighted by molar-refractivity contribution is 0.0694. The van der Waals surface area contributed by atoms with Gasteiger partial charge in [-0.3, -0.25) is 9.69 Å². The lowest BCUT2D eigenvalue weighted by atomic mass is 10.0. The van der Waals surface area contributed by atoms with E-state index in [4.69, 9.17) is 5.11 Å². The predicted octanol–water partition coefficient (Wildman–Crippen LogP) is 1.58. The molecule has 3 rings (SSSR count). The minimum absolute atomic E-state index is 0.0620. The van der Waals surface area contributed by atoms with E-state index in [1.165, 1.54) is 6.20 Å². The Kier molecular flexibility index (Phi) is 4.04.